The van der Waals surface area contributed by atoms with Crippen LogP contribution in [0.5, 0.6) is 0 Å². The molecule has 0 radical (unpaired) electrons. The first-order valence-corrected chi connectivity index (χ1v) is 16.6. The summed E-state index contributed by atoms with van der Waals surface area (Å²) in [6.45, 7) is 8.75. The van der Waals surface area contributed by atoms with Gasteiger partial charge in [0.25, 0.3) is 0 Å². The van der Waals surface area contributed by atoms with E-state index in [1.807, 2.05) is 6.92 Å². The van der Waals surface area contributed by atoms with E-state index in [4.69, 9.17) is 11.5 Å². The minimum absolute atomic E-state index is 0.269. The van der Waals surface area contributed by atoms with Crippen molar-refractivity contribution in [3.8, 4) is 0 Å². The fraction of sp³-hybridized carbons (Fsp3) is 0.625. The molecule has 0 aliphatic rings. The molecular weight excluding hydrogens is 536 g/mol. The van der Waals surface area contributed by atoms with E-state index >= 15 is 0 Å². The standard InChI is InChI=1S/C8H17I3N2P/c1-5(12)6(13)14-11-10-7(9)8(2,3)4/h14H,12-13H2,1-4H3/q-1/b6-5+. The molecule has 1 unspecified atom stereocenters. The van der Waals surface area contributed by atoms with Crippen LogP contribution in [0.15, 0.2) is 11.1 Å². The maximum absolute atomic E-state index is 5.81. The van der Waals surface area contributed by atoms with E-state index in [0.717, 1.165) is 17.4 Å². The van der Waals surface area contributed by atoms with Crippen molar-refractivity contribution in [2.45, 2.75) is 27.7 Å². The molecular formula is C8H17I3N2P-. The molecule has 86 valence electrons. The summed E-state index contributed by atoms with van der Waals surface area (Å²) in [5.74, 6) is 0. The van der Waals surface area contributed by atoms with Crippen LogP contribution in [0.1, 0.15) is 27.7 Å². The monoisotopic (exact) mass is 553 g/mol. The zero-order valence-electron chi connectivity index (χ0n) is 8.79. The predicted molar refractivity (Wildman–Crippen MR) is 81.9 cm³/mol. The van der Waals surface area contributed by atoms with Gasteiger partial charge >= 0.3 is 119 Å². The third kappa shape index (κ3) is 7.16. The van der Waals surface area contributed by atoms with Crippen molar-refractivity contribution >= 4 is 47.1 Å². The van der Waals surface area contributed by atoms with Gasteiger partial charge in [0.05, 0.1) is 0 Å². The second-order valence-corrected chi connectivity index (χ2v) is 23.1. The first kappa shape index (κ1) is 15.8. The Balaban J connectivity index is 4.14. The van der Waals surface area contributed by atoms with Crippen molar-refractivity contribution in [1.82, 2.24) is 0 Å². The summed E-state index contributed by atoms with van der Waals surface area (Å²) in [6, 6.07) is 0. The summed E-state index contributed by atoms with van der Waals surface area (Å²) in [4.78, 5) is 0. The zero-order chi connectivity index (χ0) is 11.4. The first-order chi connectivity index (χ1) is 6.25. The number of nitrogens with two attached hydrogens (primary N) is 2. The van der Waals surface area contributed by atoms with Crippen LogP contribution < -0.4 is 28.1 Å². The van der Waals surface area contributed by atoms with Gasteiger partial charge < -0.3 is 0 Å². The molecule has 0 aliphatic carbocycles. The van der Waals surface area contributed by atoms with Crippen LogP contribution in [-0.2, 0) is 0 Å². The number of allylic oxidation sites excluding steroid dienone is 1. The van der Waals surface area contributed by atoms with Crippen LogP contribution in [0, 0.1) is 5.41 Å². The van der Waals surface area contributed by atoms with E-state index in [1.165, 1.54) is 0 Å². The summed E-state index contributed by atoms with van der Waals surface area (Å²) in [6.07, 6.45) is 0.824. The van der Waals surface area contributed by atoms with Crippen molar-refractivity contribution < 1.29 is 16.7 Å². The molecule has 0 aromatic carbocycles. The third-order valence-corrected chi connectivity index (χ3v) is 26.1. The van der Waals surface area contributed by atoms with Crippen LogP contribution in [0.4, 0.5) is 0 Å². The van der Waals surface area contributed by atoms with Gasteiger partial charge in [0.2, 0.25) is 0 Å². The molecule has 0 rings (SSSR count). The first-order valence-electron chi connectivity index (χ1n) is 4.04. The molecule has 0 fully saturated rings. The van der Waals surface area contributed by atoms with Crippen LogP contribution in [-0.4, -0.2) is 1.52 Å². The van der Waals surface area contributed by atoms with Crippen LogP contribution >= 0.6 is 45.6 Å². The quantitative estimate of drug-likeness (QED) is 0.390. The maximum atomic E-state index is 5.81. The summed E-state index contributed by atoms with van der Waals surface area (Å²) in [5.41, 5.74) is 13.6. The van der Waals surface area contributed by atoms with E-state index in [2.05, 4.69) is 43.4 Å². The summed E-state index contributed by atoms with van der Waals surface area (Å²) >= 11 is 3.07. The van der Waals surface area contributed by atoms with Crippen molar-refractivity contribution in [2.24, 2.45) is 16.9 Å². The normalized spacial score (nSPS) is 17.1. The van der Waals surface area contributed by atoms with Gasteiger partial charge in [0, 0.05) is 0 Å². The Bertz CT molecular complexity index is 252. The van der Waals surface area contributed by atoms with Gasteiger partial charge in [-0.25, -0.2) is 0 Å². The molecule has 0 aromatic rings. The Labute approximate surface area is 118 Å². The average Bonchev–Trinajstić information content (AvgIpc) is 2.01. The van der Waals surface area contributed by atoms with E-state index in [9.17, 15) is 0 Å². The van der Waals surface area contributed by atoms with Crippen molar-refractivity contribution in [3.05, 3.63) is 11.1 Å². The van der Waals surface area contributed by atoms with Gasteiger partial charge in [0.15, 0.2) is 0 Å². The Morgan fingerprint density at radius 1 is 1.36 bits per heavy atom. The van der Waals surface area contributed by atoms with Gasteiger partial charge in [-0.05, 0) is 0 Å². The van der Waals surface area contributed by atoms with Gasteiger partial charge in [-0.1, -0.05) is 0 Å². The molecule has 6 heteroatoms. The molecule has 0 aliphatic heterocycles. The van der Waals surface area contributed by atoms with Crippen molar-refractivity contribution in [1.29, 1.82) is 0 Å². The summed E-state index contributed by atoms with van der Waals surface area (Å²) in [5, 5.41) is 0. The molecule has 1 atom stereocenters. The molecule has 0 saturated heterocycles. The van der Waals surface area contributed by atoms with E-state index in [0.29, 0.717) is 5.41 Å². The predicted octanol–water partition coefficient (Wildman–Crippen LogP) is 0.272. The van der Waals surface area contributed by atoms with E-state index in [1.54, 1.807) is 1.52 Å². The molecule has 4 N–H and O–H groups in total. The van der Waals surface area contributed by atoms with E-state index in [-0.39, 0.29) is 33.4 Å². The number of rotatable bonds is 3. The Hall–Kier alpha value is 1.83. The Morgan fingerprint density at radius 2 is 1.86 bits per heavy atom. The number of hydrogen-bond acceptors (Lipinski definition) is 2. The van der Waals surface area contributed by atoms with E-state index < -0.39 is 0 Å². The third-order valence-electron chi connectivity index (χ3n) is 1.23. The van der Waals surface area contributed by atoms with Crippen molar-refractivity contribution in [3.63, 3.8) is 0 Å². The zero-order valence-corrected chi connectivity index (χ0v) is 16.3. The fourth-order valence-corrected chi connectivity index (χ4v) is 28.6. The SMILES string of the molecule is C/C(N)=C(/N)P[I-]I=C(I)C(C)(C)C. The second kappa shape index (κ2) is 7.21. The average molecular weight is 553 g/mol. The number of hydrogen-bond donors (Lipinski definition) is 2. The fourth-order valence-electron chi connectivity index (χ4n) is 0.269. The Morgan fingerprint density at radius 3 is 2.21 bits per heavy atom. The number of halogens is 3. The molecule has 14 heavy (non-hydrogen) atoms. The van der Waals surface area contributed by atoms with Crippen LogP contribution in [0.3, 0.4) is 0 Å². The summed E-state index contributed by atoms with van der Waals surface area (Å²) in [7, 11) is 0. The molecule has 0 heterocycles. The molecule has 0 spiro atoms. The molecule has 2 nitrogen and oxygen atoms in total. The minimum atomic E-state index is 0.269. The molecule has 0 amide bonds. The van der Waals surface area contributed by atoms with Crippen LogP contribution in [0.25, 0.3) is 0 Å². The van der Waals surface area contributed by atoms with Crippen LogP contribution in [0.2, 0.25) is 0 Å². The molecule has 0 aromatic heterocycles. The second-order valence-electron chi connectivity index (χ2n) is 3.84. The van der Waals surface area contributed by atoms with Gasteiger partial charge in [-0.2, -0.15) is 0 Å². The molecule has 0 saturated carbocycles. The Kier molecular flexibility index (Phi) is 8.16. The van der Waals surface area contributed by atoms with Crippen molar-refractivity contribution in [2.75, 3.05) is 0 Å². The molecule has 0 bridgehead atoms. The van der Waals surface area contributed by atoms with Gasteiger partial charge in [-0.15, -0.1) is 0 Å². The summed E-state index contributed by atoms with van der Waals surface area (Å²) < 4.78 is 1.66. The van der Waals surface area contributed by atoms with Gasteiger partial charge in [0.1, 0.15) is 0 Å². The van der Waals surface area contributed by atoms with Gasteiger partial charge in [-0.3, -0.25) is 0 Å². The topological polar surface area (TPSA) is 52.0 Å².